The number of nitriles is 1. The first kappa shape index (κ1) is 21.5. The summed E-state index contributed by atoms with van der Waals surface area (Å²) in [6.45, 7) is 7.60. The number of nitrogens with zero attached hydrogens (tertiary/aromatic N) is 3. The van der Waals surface area contributed by atoms with Crippen LogP contribution in [0, 0.1) is 32.1 Å². The third-order valence-corrected chi connectivity index (χ3v) is 9.11. The summed E-state index contributed by atoms with van der Waals surface area (Å²) in [5, 5.41) is 11.8. The molecule has 0 spiro atoms. The van der Waals surface area contributed by atoms with Crippen LogP contribution in [0.15, 0.2) is 46.7 Å². The van der Waals surface area contributed by atoms with Crippen LogP contribution in [0.5, 0.6) is 0 Å². The highest BCUT2D eigenvalue weighted by molar-refractivity contribution is 7.92. The molecular weight excluding hydrogens is 426 g/mol. The van der Waals surface area contributed by atoms with Crippen LogP contribution in [0.25, 0.3) is 11.3 Å². The molecule has 1 saturated heterocycles. The van der Waals surface area contributed by atoms with E-state index in [0.29, 0.717) is 25.9 Å². The van der Waals surface area contributed by atoms with Gasteiger partial charge in [0.2, 0.25) is 0 Å². The monoisotopic (exact) mass is 451 g/mol. The number of benzene rings is 2. The van der Waals surface area contributed by atoms with E-state index in [2.05, 4.69) is 43.2 Å². The van der Waals surface area contributed by atoms with Crippen molar-refractivity contribution in [3.63, 3.8) is 0 Å². The van der Waals surface area contributed by atoms with Crippen molar-refractivity contribution >= 4 is 26.3 Å². The molecule has 1 aliphatic heterocycles. The molecule has 160 valence electrons. The Kier molecular flexibility index (Phi) is 5.87. The summed E-state index contributed by atoms with van der Waals surface area (Å²) >= 11 is 1.61. The Labute approximate surface area is 187 Å². The number of piperidine rings is 1. The second kappa shape index (κ2) is 8.45. The van der Waals surface area contributed by atoms with Crippen LogP contribution in [-0.4, -0.2) is 31.7 Å². The van der Waals surface area contributed by atoms with Crippen molar-refractivity contribution < 1.29 is 8.42 Å². The van der Waals surface area contributed by atoms with Crippen LogP contribution < -0.4 is 4.90 Å². The van der Waals surface area contributed by atoms with E-state index < -0.39 is 15.1 Å². The molecule has 0 bridgehead atoms. The molecule has 5 nitrogen and oxygen atoms in total. The Morgan fingerprint density at radius 3 is 2.39 bits per heavy atom. The Morgan fingerprint density at radius 1 is 1.10 bits per heavy atom. The van der Waals surface area contributed by atoms with Crippen molar-refractivity contribution in [2.45, 2.75) is 43.8 Å². The number of rotatable bonds is 4. The van der Waals surface area contributed by atoms with Crippen LogP contribution in [0.3, 0.4) is 0 Å². The molecule has 3 aromatic rings. The van der Waals surface area contributed by atoms with Gasteiger partial charge < -0.3 is 4.90 Å². The second-order valence-electron chi connectivity index (χ2n) is 8.13. The normalized spacial score (nSPS) is 15.1. The zero-order valence-corrected chi connectivity index (χ0v) is 19.6. The predicted molar refractivity (Wildman–Crippen MR) is 125 cm³/mol. The van der Waals surface area contributed by atoms with Crippen LogP contribution in [0.4, 0.5) is 5.13 Å². The summed E-state index contributed by atoms with van der Waals surface area (Å²) in [6, 6.07) is 12.8. The van der Waals surface area contributed by atoms with Gasteiger partial charge in [-0.2, -0.15) is 5.26 Å². The smallest absolute Gasteiger partial charge is 0.185 e. The second-order valence-corrected chi connectivity index (χ2v) is 11.2. The fraction of sp³-hybridized carbons (Fsp3) is 0.333. The van der Waals surface area contributed by atoms with E-state index in [1.165, 1.54) is 22.3 Å². The van der Waals surface area contributed by atoms with Gasteiger partial charge in [-0.1, -0.05) is 29.8 Å². The molecule has 1 fully saturated rings. The lowest BCUT2D eigenvalue weighted by Crippen LogP contribution is -2.39. The molecule has 0 aliphatic carbocycles. The van der Waals surface area contributed by atoms with Gasteiger partial charge in [-0.3, -0.25) is 0 Å². The molecule has 0 unspecified atom stereocenters. The molecule has 0 saturated carbocycles. The Balaban J connectivity index is 1.51. The Hall–Kier alpha value is -2.69. The lowest BCUT2D eigenvalue weighted by molar-refractivity contribution is 0.529. The van der Waals surface area contributed by atoms with Gasteiger partial charge in [0.25, 0.3) is 0 Å². The summed E-state index contributed by atoms with van der Waals surface area (Å²) in [6.07, 6.45) is 1.05. The minimum absolute atomic E-state index is 0.151. The fourth-order valence-electron chi connectivity index (χ4n) is 4.45. The zero-order chi connectivity index (χ0) is 22.2. The van der Waals surface area contributed by atoms with Crippen molar-refractivity contribution in [3.8, 4) is 17.3 Å². The van der Waals surface area contributed by atoms with Gasteiger partial charge in [0.1, 0.15) is 6.07 Å². The molecule has 0 N–H and O–H groups in total. The molecule has 0 radical (unpaired) electrons. The first-order chi connectivity index (χ1) is 14.8. The molecular formula is C24H25N3O2S2. The van der Waals surface area contributed by atoms with Crippen LogP contribution in [-0.2, 0) is 9.84 Å². The SMILES string of the molecule is Cc1cc(C)c(-c2csc(N3CCC(S(=O)(=O)c4ccccc4C#N)CC3)n2)c(C)c1. The van der Waals surface area contributed by atoms with E-state index in [0.717, 1.165) is 10.8 Å². The number of thiazole rings is 1. The van der Waals surface area contributed by atoms with Crippen molar-refractivity contribution in [1.82, 2.24) is 4.98 Å². The lowest BCUT2D eigenvalue weighted by Gasteiger charge is -2.31. The van der Waals surface area contributed by atoms with Crippen LogP contribution in [0.2, 0.25) is 0 Å². The van der Waals surface area contributed by atoms with E-state index in [-0.39, 0.29) is 10.5 Å². The third-order valence-electron chi connectivity index (χ3n) is 5.89. The molecule has 31 heavy (non-hydrogen) atoms. The van der Waals surface area contributed by atoms with Gasteiger partial charge in [0.15, 0.2) is 15.0 Å². The largest absolute Gasteiger partial charge is 0.348 e. The molecule has 0 amide bonds. The summed E-state index contributed by atoms with van der Waals surface area (Å²) in [4.78, 5) is 7.21. The van der Waals surface area contributed by atoms with Gasteiger partial charge in [-0.15, -0.1) is 11.3 Å². The maximum Gasteiger partial charge on any atom is 0.185 e. The fourth-order valence-corrected chi connectivity index (χ4v) is 7.20. The third kappa shape index (κ3) is 4.10. The summed E-state index contributed by atoms with van der Waals surface area (Å²) < 4.78 is 26.2. The van der Waals surface area contributed by atoms with E-state index in [1.54, 1.807) is 35.6 Å². The number of hydrogen-bond donors (Lipinski definition) is 0. The quantitative estimate of drug-likeness (QED) is 0.555. The van der Waals surface area contributed by atoms with Crippen molar-refractivity contribution in [2.24, 2.45) is 0 Å². The zero-order valence-electron chi connectivity index (χ0n) is 17.9. The summed E-state index contributed by atoms with van der Waals surface area (Å²) in [5.41, 5.74) is 6.06. The maximum absolute atomic E-state index is 13.1. The van der Waals surface area contributed by atoms with E-state index in [4.69, 9.17) is 4.98 Å². The highest BCUT2D eigenvalue weighted by atomic mass is 32.2. The minimum Gasteiger partial charge on any atom is -0.348 e. The molecule has 2 aromatic carbocycles. The number of hydrogen-bond acceptors (Lipinski definition) is 6. The molecule has 0 atom stereocenters. The van der Waals surface area contributed by atoms with Gasteiger partial charge >= 0.3 is 0 Å². The number of aromatic nitrogens is 1. The number of aryl methyl sites for hydroxylation is 3. The van der Waals surface area contributed by atoms with Crippen LogP contribution >= 0.6 is 11.3 Å². The predicted octanol–water partition coefficient (Wildman–Crippen LogP) is 5.05. The summed E-state index contributed by atoms with van der Waals surface area (Å²) in [7, 11) is -3.53. The van der Waals surface area contributed by atoms with Gasteiger partial charge in [-0.25, -0.2) is 13.4 Å². The average molecular weight is 452 g/mol. The Bertz CT molecular complexity index is 1240. The molecule has 4 rings (SSSR count). The topological polar surface area (TPSA) is 74.1 Å². The van der Waals surface area contributed by atoms with E-state index in [9.17, 15) is 13.7 Å². The van der Waals surface area contributed by atoms with Gasteiger partial charge in [0, 0.05) is 24.0 Å². The molecule has 7 heteroatoms. The number of anilines is 1. The van der Waals surface area contributed by atoms with E-state index in [1.807, 2.05) is 6.07 Å². The first-order valence-corrected chi connectivity index (χ1v) is 12.8. The number of sulfone groups is 1. The maximum atomic E-state index is 13.1. The van der Waals surface area contributed by atoms with Crippen molar-refractivity contribution in [3.05, 3.63) is 64.0 Å². The van der Waals surface area contributed by atoms with Gasteiger partial charge in [-0.05, 0) is 56.9 Å². The minimum atomic E-state index is -3.53. The standard InChI is InChI=1S/C24H25N3O2S2/c1-16-12-17(2)23(18(3)13-16)21-15-30-24(26-21)27-10-8-20(9-11-27)31(28,29)22-7-5-4-6-19(22)14-25/h4-7,12-13,15,20H,8-11H2,1-3H3. The average Bonchev–Trinajstić information content (AvgIpc) is 3.22. The molecule has 1 aliphatic rings. The highest BCUT2D eigenvalue weighted by Crippen LogP contribution is 2.34. The Morgan fingerprint density at radius 2 is 1.74 bits per heavy atom. The molecule has 2 heterocycles. The van der Waals surface area contributed by atoms with E-state index >= 15 is 0 Å². The molecule has 1 aromatic heterocycles. The lowest BCUT2D eigenvalue weighted by atomic mass is 9.98. The van der Waals surface area contributed by atoms with Crippen molar-refractivity contribution in [1.29, 1.82) is 5.26 Å². The first-order valence-electron chi connectivity index (χ1n) is 10.3. The van der Waals surface area contributed by atoms with Gasteiger partial charge in [0.05, 0.1) is 21.4 Å². The summed E-state index contributed by atoms with van der Waals surface area (Å²) in [5.74, 6) is 0. The van der Waals surface area contributed by atoms with Crippen molar-refractivity contribution in [2.75, 3.05) is 18.0 Å². The van der Waals surface area contributed by atoms with Crippen LogP contribution in [0.1, 0.15) is 35.1 Å². The highest BCUT2D eigenvalue weighted by Gasteiger charge is 2.33.